The van der Waals surface area contributed by atoms with Crippen LogP contribution in [0.5, 0.6) is 0 Å². The third-order valence-corrected chi connectivity index (χ3v) is 4.24. The molecule has 0 aliphatic carbocycles. The molecule has 0 saturated carbocycles. The summed E-state index contributed by atoms with van der Waals surface area (Å²) in [5.74, 6) is 0.333. The Morgan fingerprint density at radius 3 is 2.71 bits per heavy atom. The summed E-state index contributed by atoms with van der Waals surface area (Å²) < 4.78 is 1.70. The predicted molar refractivity (Wildman–Crippen MR) is 76.7 cm³/mol. The summed E-state index contributed by atoms with van der Waals surface area (Å²) in [5.41, 5.74) is 0. The van der Waals surface area contributed by atoms with Crippen LogP contribution in [0, 0.1) is 0 Å². The van der Waals surface area contributed by atoms with Crippen LogP contribution in [0.1, 0.15) is 23.5 Å². The van der Waals surface area contributed by atoms with Crippen LogP contribution in [-0.2, 0) is 11.8 Å². The second kappa shape index (κ2) is 5.85. The Bertz CT molecular complexity index is 535. The average Bonchev–Trinajstić information content (AvgIpc) is 3.15. The summed E-state index contributed by atoms with van der Waals surface area (Å²) in [6, 6.07) is -0.327. The molecule has 3 rings (SSSR count). The van der Waals surface area contributed by atoms with Gasteiger partial charge in [-0.2, -0.15) is 0 Å². The summed E-state index contributed by atoms with van der Waals surface area (Å²) >= 11 is 0. The predicted octanol–water partition coefficient (Wildman–Crippen LogP) is -0.543. The molecular weight excluding hydrogens is 270 g/mol. The summed E-state index contributed by atoms with van der Waals surface area (Å²) in [4.78, 5) is 32.9. The molecule has 1 N–H and O–H groups in total. The van der Waals surface area contributed by atoms with Crippen molar-refractivity contribution in [1.29, 1.82) is 0 Å². The fraction of sp³-hybridized carbons (Fsp3) is 0.643. The van der Waals surface area contributed by atoms with E-state index in [4.69, 9.17) is 0 Å². The van der Waals surface area contributed by atoms with E-state index in [1.54, 1.807) is 28.9 Å². The van der Waals surface area contributed by atoms with Gasteiger partial charge in [0, 0.05) is 52.2 Å². The van der Waals surface area contributed by atoms with Crippen LogP contribution in [0.2, 0.25) is 0 Å². The molecule has 7 nitrogen and oxygen atoms in total. The van der Waals surface area contributed by atoms with E-state index in [0.717, 1.165) is 39.0 Å². The Morgan fingerprint density at radius 1 is 1.29 bits per heavy atom. The van der Waals surface area contributed by atoms with Crippen LogP contribution in [0.3, 0.4) is 0 Å². The van der Waals surface area contributed by atoms with Gasteiger partial charge < -0.3 is 19.7 Å². The third kappa shape index (κ3) is 2.65. The van der Waals surface area contributed by atoms with Crippen molar-refractivity contribution in [3.63, 3.8) is 0 Å². The van der Waals surface area contributed by atoms with Gasteiger partial charge >= 0.3 is 0 Å². The number of hydrogen-bond donors (Lipinski definition) is 1. The summed E-state index contributed by atoms with van der Waals surface area (Å²) in [7, 11) is 1.80. The van der Waals surface area contributed by atoms with E-state index in [1.807, 2.05) is 4.90 Å². The van der Waals surface area contributed by atoms with E-state index in [0.29, 0.717) is 12.4 Å². The van der Waals surface area contributed by atoms with Crippen molar-refractivity contribution in [1.82, 2.24) is 24.7 Å². The first-order chi connectivity index (χ1) is 10.2. The van der Waals surface area contributed by atoms with Gasteiger partial charge in [-0.3, -0.25) is 9.59 Å². The van der Waals surface area contributed by atoms with Gasteiger partial charge in [0.15, 0.2) is 5.82 Å². The molecule has 2 saturated heterocycles. The van der Waals surface area contributed by atoms with Crippen molar-refractivity contribution in [2.45, 2.75) is 18.9 Å². The number of hydrogen-bond acceptors (Lipinski definition) is 4. The standard InChI is InChI=1S/C14H21N5O2/c1-17-8-6-16-12(17)14(21)19-7-2-3-11(19)13(20)18-9-4-15-5-10-18/h6,8,11,15H,2-5,7,9-10H2,1H3. The maximum atomic E-state index is 12.6. The zero-order valence-corrected chi connectivity index (χ0v) is 12.3. The van der Waals surface area contributed by atoms with Crippen LogP contribution < -0.4 is 5.32 Å². The number of amides is 2. The number of imidazole rings is 1. The number of carbonyl (C=O) groups is 2. The molecule has 2 amide bonds. The highest BCUT2D eigenvalue weighted by atomic mass is 16.2. The van der Waals surface area contributed by atoms with Gasteiger partial charge in [-0.05, 0) is 12.8 Å². The van der Waals surface area contributed by atoms with Crippen LogP contribution in [-0.4, -0.2) is 69.9 Å². The highest BCUT2D eigenvalue weighted by Gasteiger charge is 2.38. The summed E-state index contributed by atoms with van der Waals surface area (Å²) in [5, 5.41) is 3.24. The molecule has 21 heavy (non-hydrogen) atoms. The Hall–Kier alpha value is -1.89. The molecule has 0 spiro atoms. The minimum absolute atomic E-state index is 0.0801. The molecule has 2 fully saturated rings. The highest BCUT2D eigenvalue weighted by Crippen LogP contribution is 2.21. The number of rotatable bonds is 2. The van der Waals surface area contributed by atoms with Crippen molar-refractivity contribution in [2.75, 3.05) is 32.7 Å². The lowest BCUT2D eigenvalue weighted by Gasteiger charge is -2.32. The maximum Gasteiger partial charge on any atom is 0.290 e. The number of nitrogens with zero attached hydrogens (tertiary/aromatic N) is 4. The second-order valence-electron chi connectivity index (χ2n) is 5.59. The molecule has 1 aromatic rings. The van der Waals surface area contributed by atoms with Gasteiger partial charge in [0.1, 0.15) is 6.04 Å². The summed E-state index contributed by atoms with van der Waals surface area (Å²) in [6.45, 7) is 3.73. The van der Waals surface area contributed by atoms with Gasteiger partial charge in [0.2, 0.25) is 5.91 Å². The first-order valence-corrected chi connectivity index (χ1v) is 7.46. The van der Waals surface area contributed by atoms with E-state index in [2.05, 4.69) is 10.3 Å². The van der Waals surface area contributed by atoms with Gasteiger partial charge in [-0.1, -0.05) is 0 Å². The molecule has 0 radical (unpaired) electrons. The number of aromatic nitrogens is 2. The number of piperazine rings is 1. The largest absolute Gasteiger partial charge is 0.338 e. The fourth-order valence-electron chi connectivity index (χ4n) is 3.06. The first-order valence-electron chi connectivity index (χ1n) is 7.46. The number of carbonyl (C=O) groups excluding carboxylic acids is 2. The SMILES string of the molecule is Cn1ccnc1C(=O)N1CCCC1C(=O)N1CCNCC1. The smallest absolute Gasteiger partial charge is 0.290 e. The van der Waals surface area contributed by atoms with Crippen molar-refractivity contribution >= 4 is 11.8 Å². The van der Waals surface area contributed by atoms with Crippen molar-refractivity contribution < 1.29 is 9.59 Å². The Kier molecular flexibility index (Phi) is 3.92. The number of aryl methyl sites for hydroxylation is 1. The van der Waals surface area contributed by atoms with Gasteiger partial charge in [0.25, 0.3) is 5.91 Å². The van der Waals surface area contributed by atoms with Crippen LogP contribution >= 0.6 is 0 Å². The van der Waals surface area contributed by atoms with E-state index in [1.165, 1.54) is 0 Å². The van der Waals surface area contributed by atoms with E-state index in [9.17, 15) is 9.59 Å². The molecule has 7 heteroatoms. The third-order valence-electron chi connectivity index (χ3n) is 4.24. The normalized spacial score (nSPS) is 22.6. The molecule has 1 aromatic heterocycles. The molecular formula is C14H21N5O2. The molecule has 114 valence electrons. The monoisotopic (exact) mass is 291 g/mol. The van der Waals surface area contributed by atoms with Gasteiger partial charge in [0.05, 0.1) is 0 Å². The minimum Gasteiger partial charge on any atom is -0.338 e. The lowest BCUT2D eigenvalue weighted by atomic mass is 10.1. The summed E-state index contributed by atoms with van der Waals surface area (Å²) in [6.07, 6.45) is 4.98. The molecule has 2 aliphatic heterocycles. The minimum atomic E-state index is -0.327. The second-order valence-corrected chi connectivity index (χ2v) is 5.59. The van der Waals surface area contributed by atoms with Crippen molar-refractivity contribution in [3.8, 4) is 0 Å². The molecule has 1 unspecified atom stereocenters. The molecule has 3 heterocycles. The lowest BCUT2D eigenvalue weighted by molar-refractivity contribution is -0.135. The number of likely N-dealkylation sites (tertiary alicyclic amines) is 1. The molecule has 0 bridgehead atoms. The van der Waals surface area contributed by atoms with Crippen molar-refractivity contribution in [2.24, 2.45) is 7.05 Å². The van der Waals surface area contributed by atoms with E-state index in [-0.39, 0.29) is 17.9 Å². The van der Waals surface area contributed by atoms with Crippen LogP contribution in [0.4, 0.5) is 0 Å². The molecule has 2 aliphatic rings. The zero-order valence-electron chi connectivity index (χ0n) is 12.3. The molecule has 0 aromatic carbocycles. The molecule has 1 atom stereocenters. The average molecular weight is 291 g/mol. The van der Waals surface area contributed by atoms with Gasteiger partial charge in [-0.15, -0.1) is 0 Å². The Balaban J connectivity index is 1.74. The number of nitrogens with one attached hydrogen (secondary N) is 1. The maximum absolute atomic E-state index is 12.6. The quantitative estimate of drug-likeness (QED) is 0.794. The van der Waals surface area contributed by atoms with Gasteiger partial charge in [-0.25, -0.2) is 4.98 Å². The zero-order chi connectivity index (χ0) is 14.8. The van der Waals surface area contributed by atoms with E-state index >= 15 is 0 Å². The lowest BCUT2D eigenvalue weighted by Crippen LogP contribution is -2.53. The van der Waals surface area contributed by atoms with E-state index < -0.39 is 0 Å². The fourth-order valence-corrected chi connectivity index (χ4v) is 3.06. The topological polar surface area (TPSA) is 70.5 Å². The van der Waals surface area contributed by atoms with Crippen LogP contribution in [0.25, 0.3) is 0 Å². The van der Waals surface area contributed by atoms with Crippen molar-refractivity contribution in [3.05, 3.63) is 18.2 Å². The highest BCUT2D eigenvalue weighted by molar-refractivity contribution is 5.95. The Morgan fingerprint density at radius 2 is 2.05 bits per heavy atom. The first kappa shape index (κ1) is 14.1. The van der Waals surface area contributed by atoms with Crippen LogP contribution in [0.15, 0.2) is 12.4 Å². The Labute approximate surface area is 123 Å².